The number of para-hydroxylation sites is 1. The van der Waals surface area contributed by atoms with Gasteiger partial charge in [0.1, 0.15) is 5.75 Å². The summed E-state index contributed by atoms with van der Waals surface area (Å²) in [5.41, 5.74) is 1.42. The van der Waals surface area contributed by atoms with E-state index < -0.39 is 0 Å². The predicted octanol–water partition coefficient (Wildman–Crippen LogP) is 3.72. The van der Waals surface area contributed by atoms with Crippen molar-refractivity contribution in [2.75, 3.05) is 13.2 Å². The Bertz CT molecular complexity index is 411. The van der Waals surface area contributed by atoms with Crippen LogP contribution in [0.5, 0.6) is 5.75 Å². The van der Waals surface area contributed by atoms with E-state index in [2.05, 4.69) is 36.5 Å². The largest absolute Gasteiger partial charge is 0.493 e. The Kier molecular flexibility index (Phi) is 4.07. The molecule has 0 saturated heterocycles. The first-order valence-electron chi connectivity index (χ1n) is 7.85. The average Bonchev–Trinajstić information content (AvgIpc) is 2.89. The summed E-state index contributed by atoms with van der Waals surface area (Å²) in [5.74, 6) is 2.47. The Hall–Kier alpha value is -1.02. The molecule has 2 unspecified atom stereocenters. The lowest BCUT2D eigenvalue weighted by Gasteiger charge is -2.34. The molecule has 0 bridgehead atoms. The van der Waals surface area contributed by atoms with Gasteiger partial charge in [0.05, 0.1) is 6.61 Å². The fourth-order valence-corrected chi connectivity index (χ4v) is 3.85. The lowest BCUT2D eigenvalue weighted by atomic mass is 9.77. The summed E-state index contributed by atoms with van der Waals surface area (Å²) in [7, 11) is 0. The minimum atomic E-state index is 0.541. The molecule has 19 heavy (non-hydrogen) atoms. The van der Waals surface area contributed by atoms with Crippen LogP contribution in [-0.2, 0) is 0 Å². The lowest BCUT2D eigenvalue weighted by molar-refractivity contribution is 0.215. The molecule has 3 rings (SSSR count). The molecule has 1 aliphatic heterocycles. The van der Waals surface area contributed by atoms with Crippen molar-refractivity contribution >= 4 is 0 Å². The summed E-state index contributed by atoms with van der Waals surface area (Å²) in [6.45, 7) is 4.13. The van der Waals surface area contributed by atoms with Crippen molar-refractivity contribution in [3.63, 3.8) is 0 Å². The zero-order chi connectivity index (χ0) is 13.1. The Morgan fingerprint density at radius 3 is 2.79 bits per heavy atom. The minimum Gasteiger partial charge on any atom is -0.493 e. The Balaban J connectivity index is 1.80. The second kappa shape index (κ2) is 5.96. The molecule has 1 saturated carbocycles. The molecule has 0 amide bonds. The van der Waals surface area contributed by atoms with Gasteiger partial charge in [-0.15, -0.1) is 0 Å². The normalized spacial score (nSPS) is 24.8. The molecule has 2 aliphatic rings. The van der Waals surface area contributed by atoms with E-state index in [4.69, 9.17) is 4.74 Å². The first-order chi connectivity index (χ1) is 9.40. The maximum atomic E-state index is 5.89. The standard InChI is InChI=1S/C17H25NO/c1-2-18-17(13-8-4-3-5-9-13)15-12-19-16-11-7-6-10-14(15)16/h6-7,10-11,13,15,17-18H,2-5,8-9,12H2,1H3. The van der Waals surface area contributed by atoms with Crippen LogP contribution in [0, 0.1) is 5.92 Å². The highest BCUT2D eigenvalue weighted by Crippen LogP contribution is 2.40. The fraction of sp³-hybridized carbons (Fsp3) is 0.647. The fourth-order valence-electron chi connectivity index (χ4n) is 3.85. The highest BCUT2D eigenvalue weighted by Gasteiger charge is 2.35. The van der Waals surface area contributed by atoms with Crippen LogP contribution >= 0.6 is 0 Å². The molecule has 1 N–H and O–H groups in total. The number of hydrogen-bond donors (Lipinski definition) is 1. The quantitative estimate of drug-likeness (QED) is 0.889. The van der Waals surface area contributed by atoms with Crippen molar-refractivity contribution in [3.05, 3.63) is 29.8 Å². The highest BCUT2D eigenvalue weighted by atomic mass is 16.5. The summed E-state index contributed by atoms with van der Waals surface area (Å²) in [5, 5.41) is 3.76. The zero-order valence-electron chi connectivity index (χ0n) is 11.9. The molecule has 2 heteroatoms. The molecule has 1 aromatic rings. The minimum absolute atomic E-state index is 0.541. The summed E-state index contributed by atoms with van der Waals surface area (Å²) >= 11 is 0. The van der Waals surface area contributed by atoms with Gasteiger partial charge >= 0.3 is 0 Å². The number of fused-ring (bicyclic) bond motifs is 1. The van der Waals surface area contributed by atoms with Gasteiger partial charge < -0.3 is 10.1 Å². The van der Waals surface area contributed by atoms with Gasteiger partial charge in [-0.3, -0.25) is 0 Å². The van der Waals surface area contributed by atoms with Crippen molar-refractivity contribution in [3.8, 4) is 5.75 Å². The smallest absolute Gasteiger partial charge is 0.122 e. The Morgan fingerprint density at radius 1 is 1.21 bits per heavy atom. The number of benzene rings is 1. The third-order valence-electron chi connectivity index (χ3n) is 4.77. The van der Waals surface area contributed by atoms with E-state index in [1.54, 1.807) is 0 Å². The maximum absolute atomic E-state index is 5.89. The SMILES string of the molecule is CCNC(C1CCCCC1)C1COc2ccccc21. The molecule has 0 radical (unpaired) electrons. The second-order valence-corrected chi connectivity index (χ2v) is 5.94. The van der Waals surface area contributed by atoms with Crippen LogP contribution in [0.3, 0.4) is 0 Å². The van der Waals surface area contributed by atoms with E-state index >= 15 is 0 Å². The van der Waals surface area contributed by atoms with Crippen LogP contribution in [0.1, 0.15) is 50.5 Å². The number of hydrogen-bond acceptors (Lipinski definition) is 2. The van der Waals surface area contributed by atoms with Gasteiger partial charge in [0.15, 0.2) is 0 Å². The van der Waals surface area contributed by atoms with Crippen molar-refractivity contribution < 1.29 is 4.74 Å². The summed E-state index contributed by atoms with van der Waals surface area (Å²) in [4.78, 5) is 0. The van der Waals surface area contributed by atoms with E-state index in [0.717, 1.165) is 24.8 Å². The summed E-state index contributed by atoms with van der Waals surface area (Å²) in [6.07, 6.45) is 7.00. The van der Waals surface area contributed by atoms with Crippen molar-refractivity contribution in [2.45, 2.75) is 51.0 Å². The van der Waals surface area contributed by atoms with E-state index in [9.17, 15) is 0 Å². The van der Waals surface area contributed by atoms with E-state index in [1.807, 2.05) is 0 Å². The molecular weight excluding hydrogens is 234 g/mol. The molecule has 2 atom stereocenters. The van der Waals surface area contributed by atoms with E-state index in [1.165, 1.54) is 37.7 Å². The Labute approximate surface area is 116 Å². The zero-order valence-corrected chi connectivity index (χ0v) is 11.9. The van der Waals surface area contributed by atoms with Gasteiger partial charge in [0.2, 0.25) is 0 Å². The molecule has 0 aromatic heterocycles. The third-order valence-corrected chi connectivity index (χ3v) is 4.77. The molecule has 1 heterocycles. The average molecular weight is 259 g/mol. The Morgan fingerprint density at radius 2 is 2.00 bits per heavy atom. The van der Waals surface area contributed by atoms with Gasteiger partial charge in [-0.05, 0) is 31.4 Å². The third kappa shape index (κ3) is 2.64. The van der Waals surface area contributed by atoms with Crippen LogP contribution in [0.15, 0.2) is 24.3 Å². The van der Waals surface area contributed by atoms with Crippen LogP contribution in [0.25, 0.3) is 0 Å². The number of ether oxygens (including phenoxy) is 1. The molecule has 104 valence electrons. The number of nitrogens with one attached hydrogen (secondary N) is 1. The molecule has 2 nitrogen and oxygen atoms in total. The summed E-state index contributed by atoms with van der Waals surface area (Å²) < 4.78 is 5.89. The van der Waals surface area contributed by atoms with Crippen molar-refractivity contribution in [2.24, 2.45) is 5.92 Å². The van der Waals surface area contributed by atoms with Gasteiger partial charge in [-0.25, -0.2) is 0 Å². The molecule has 1 aromatic carbocycles. The lowest BCUT2D eigenvalue weighted by Crippen LogP contribution is -2.42. The first kappa shape index (κ1) is 13.0. The molecule has 0 spiro atoms. The van der Waals surface area contributed by atoms with Crippen LogP contribution in [0.4, 0.5) is 0 Å². The highest BCUT2D eigenvalue weighted by molar-refractivity contribution is 5.40. The first-order valence-corrected chi connectivity index (χ1v) is 7.85. The van der Waals surface area contributed by atoms with Gasteiger partial charge in [-0.2, -0.15) is 0 Å². The number of likely N-dealkylation sites (N-methyl/N-ethyl adjacent to an activating group) is 1. The topological polar surface area (TPSA) is 21.3 Å². The van der Waals surface area contributed by atoms with Crippen molar-refractivity contribution in [1.29, 1.82) is 0 Å². The number of rotatable bonds is 4. The molecular formula is C17H25NO. The summed E-state index contributed by atoms with van der Waals surface area (Å²) in [6, 6.07) is 9.17. The van der Waals surface area contributed by atoms with E-state index in [0.29, 0.717) is 12.0 Å². The second-order valence-electron chi connectivity index (χ2n) is 5.94. The van der Waals surface area contributed by atoms with Crippen molar-refractivity contribution in [1.82, 2.24) is 5.32 Å². The van der Waals surface area contributed by atoms with Crippen LogP contribution in [0.2, 0.25) is 0 Å². The van der Waals surface area contributed by atoms with E-state index in [-0.39, 0.29) is 0 Å². The predicted molar refractivity (Wildman–Crippen MR) is 78.7 cm³/mol. The van der Waals surface area contributed by atoms with Gasteiger partial charge in [0.25, 0.3) is 0 Å². The van der Waals surface area contributed by atoms with Gasteiger partial charge in [-0.1, -0.05) is 44.4 Å². The maximum Gasteiger partial charge on any atom is 0.122 e. The molecule has 1 aliphatic carbocycles. The van der Waals surface area contributed by atoms with Crippen LogP contribution < -0.4 is 10.1 Å². The molecule has 1 fully saturated rings. The van der Waals surface area contributed by atoms with Crippen LogP contribution in [-0.4, -0.2) is 19.2 Å². The monoisotopic (exact) mass is 259 g/mol. The van der Waals surface area contributed by atoms with Gasteiger partial charge in [0, 0.05) is 17.5 Å².